The molecule has 0 radical (unpaired) electrons. The molecule has 4 heteroatoms. The molecular formula is C13H18N4. The van der Waals surface area contributed by atoms with E-state index in [0.717, 1.165) is 23.8 Å². The molecule has 2 aromatic rings. The smallest absolute Gasteiger partial charge is 0.103 e. The molecule has 0 amide bonds. The zero-order chi connectivity index (χ0) is 12.3. The number of para-hydroxylation sites is 2. The number of aromatic nitrogens is 2. The minimum atomic E-state index is 0.756. The van der Waals surface area contributed by atoms with Gasteiger partial charge in [0.05, 0.1) is 29.8 Å². The Balaban J connectivity index is 2.08. The highest BCUT2D eigenvalue weighted by molar-refractivity contribution is 5.69. The second-order valence-corrected chi connectivity index (χ2v) is 4.26. The van der Waals surface area contributed by atoms with Crippen molar-refractivity contribution in [3.63, 3.8) is 0 Å². The van der Waals surface area contributed by atoms with E-state index in [1.165, 1.54) is 5.69 Å². The van der Waals surface area contributed by atoms with Crippen LogP contribution in [0.1, 0.15) is 11.5 Å². The summed E-state index contributed by atoms with van der Waals surface area (Å²) in [6, 6.07) is 8.26. The second kappa shape index (κ2) is 4.91. The summed E-state index contributed by atoms with van der Waals surface area (Å²) < 4.78 is 0. The maximum absolute atomic E-state index is 4.18. The lowest BCUT2D eigenvalue weighted by molar-refractivity contribution is 1.04. The van der Waals surface area contributed by atoms with Crippen molar-refractivity contribution in [2.75, 3.05) is 24.3 Å². The molecule has 1 heterocycles. The zero-order valence-corrected chi connectivity index (χ0v) is 10.5. The van der Waals surface area contributed by atoms with Crippen LogP contribution in [-0.4, -0.2) is 24.1 Å². The normalized spacial score (nSPS) is 10.3. The van der Waals surface area contributed by atoms with Crippen LogP contribution in [0.3, 0.4) is 0 Å². The Bertz CT molecular complexity index is 488. The first-order valence-electron chi connectivity index (χ1n) is 5.67. The Morgan fingerprint density at radius 3 is 2.71 bits per heavy atom. The van der Waals surface area contributed by atoms with Gasteiger partial charge in [0, 0.05) is 14.1 Å². The molecule has 2 rings (SSSR count). The van der Waals surface area contributed by atoms with Crippen molar-refractivity contribution in [2.45, 2.75) is 13.5 Å². The largest absolute Gasteiger partial charge is 0.378 e. The third-order valence-corrected chi connectivity index (χ3v) is 2.61. The van der Waals surface area contributed by atoms with Gasteiger partial charge in [-0.1, -0.05) is 12.1 Å². The van der Waals surface area contributed by atoms with E-state index in [4.69, 9.17) is 0 Å². The van der Waals surface area contributed by atoms with Gasteiger partial charge in [-0.15, -0.1) is 0 Å². The SMILES string of the molecule is Cc1ncc(CNc2ccccc2N(C)C)[nH]1. The number of imidazole rings is 1. The van der Waals surface area contributed by atoms with Crippen LogP contribution in [0, 0.1) is 6.92 Å². The molecule has 1 aromatic heterocycles. The van der Waals surface area contributed by atoms with Crippen molar-refractivity contribution in [3.8, 4) is 0 Å². The highest BCUT2D eigenvalue weighted by atomic mass is 15.1. The van der Waals surface area contributed by atoms with E-state index < -0.39 is 0 Å². The molecule has 0 saturated carbocycles. The predicted octanol–water partition coefficient (Wildman–Crippen LogP) is 2.40. The topological polar surface area (TPSA) is 44.0 Å². The number of benzene rings is 1. The molecule has 0 fully saturated rings. The molecule has 0 aliphatic rings. The van der Waals surface area contributed by atoms with Gasteiger partial charge in [-0.25, -0.2) is 4.98 Å². The number of hydrogen-bond acceptors (Lipinski definition) is 3. The fourth-order valence-corrected chi connectivity index (χ4v) is 1.77. The van der Waals surface area contributed by atoms with Gasteiger partial charge >= 0.3 is 0 Å². The third-order valence-electron chi connectivity index (χ3n) is 2.61. The first-order chi connectivity index (χ1) is 8.16. The maximum Gasteiger partial charge on any atom is 0.103 e. The van der Waals surface area contributed by atoms with E-state index in [-0.39, 0.29) is 0 Å². The van der Waals surface area contributed by atoms with Gasteiger partial charge < -0.3 is 15.2 Å². The van der Waals surface area contributed by atoms with Gasteiger partial charge in [-0.05, 0) is 19.1 Å². The van der Waals surface area contributed by atoms with Crippen LogP contribution in [0.15, 0.2) is 30.5 Å². The Hall–Kier alpha value is -1.97. The average molecular weight is 230 g/mol. The molecule has 90 valence electrons. The van der Waals surface area contributed by atoms with Crippen molar-refractivity contribution >= 4 is 11.4 Å². The second-order valence-electron chi connectivity index (χ2n) is 4.26. The molecule has 0 bridgehead atoms. The summed E-state index contributed by atoms with van der Waals surface area (Å²) in [5.74, 6) is 0.947. The minimum absolute atomic E-state index is 0.756. The monoisotopic (exact) mass is 230 g/mol. The molecule has 2 N–H and O–H groups in total. The van der Waals surface area contributed by atoms with E-state index in [1.807, 2.05) is 39.3 Å². The Kier molecular flexibility index (Phi) is 3.32. The van der Waals surface area contributed by atoms with Crippen LogP contribution >= 0.6 is 0 Å². The van der Waals surface area contributed by atoms with Crippen LogP contribution in [0.2, 0.25) is 0 Å². The molecule has 0 saturated heterocycles. The quantitative estimate of drug-likeness (QED) is 0.847. The van der Waals surface area contributed by atoms with Gasteiger partial charge in [0.2, 0.25) is 0 Å². The number of nitrogens with one attached hydrogen (secondary N) is 2. The summed E-state index contributed by atoms with van der Waals surface area (Å²) in [4.78, 5) is 9.49. The highest BCUT2D eigenvalue weighted by Gasteiger charge is 2.03. The maximum atomic E-state index is 4.18. The fourth-order valence-electron chi connectivity index (χ4n) is 1.77. The van der Waals surface area contributed by atoms with Crippen molar-refractivity contribution in [3.05, 3.63) is 42.0 Å². The number of rotatable bonds is 4. The lowest BCUT2D eigenvalue weighted by Crippen LogP contribution is -2.12. The Morgan fingerprint density at radius 1 is 1.29 bits per heavy atom. The lowest BCUT2D eigenvalue weighted by Gasteiger charge is -2.18. The molecule has 0 atom stereocenters. The summed E-state index contributed by atoms with van der Waals surface area (Å²) in [7, 11) is 4.09. The minimum Gasteiger partial charge on any atom is -0.378 e. The van der Waals surface area contributed by atoms with Crippen LogP contribution in [0.4, 0.5) is 11.4 Å². The van der Waals surface area contributed by atoms with E-state index >= 15 is 0 Å². The van der Waals surface area contributed by atoms with Gasteiger partial charge in [0.1, 0.15) is 5.82 Å². The first kappa shape index (κ1) is 11.5. The number of aryl methyl sites for hydroxylation is 1. The van der Waals surface area contributed by atoms with E-state index in [1.54, 1.807) is 0 Å². The molecular weight excluding hydrogens is 212 g/mol. The van der Waals surface area contributed by atoms with E-state index in [9.17, 15) is 0 Å². The van der Waals surface area contributed by atoms with E-state index in [0.29, 0.717) is 0 Å². The van der Waals surface area contributed by atoms with Gasteiger partial charge in [0.25, 0.3) is 0 Å². The highest BCUT2D eigenvalue weighted by Crippen LogP contribution is 2.23. The van der Waals surface area contributed by atoms with Crippen LogP contribution in [-0.2, 0) is 6.54 Å². The molecule has 4 nitrogen and oxygen atoms in total. The van der Waals surface area contributed by atoms with Crippen LogP contribution in [0.5, 0.6) is 0 Å². The van der Waals surface area contributed by atoms with E-state index in [2.05, 4.69) is 32.3 Å². The molecule has 0 aliphatic heterocycles. The Labute approximate surface area is 102 Å². The zero-order valence-electron chi connectivity index (χ0n) is 10.5. The number of aromatic amines is 1. The predicted molar refractivity (Wildman–Crippen MR) is 71.4 cm³/mol. The third kappa shape index (κ3) is 2.78. The van der Waals surface area contributed by atoms with Crippen molar-refractivity contribution in [2.24, 2.45) is 0 Å². The van der Waals surface area contributed by atoms with Crippen LogP contribution < -0.4 is 10.2 Å². The number of H-pyrrole nitrogens is 1. The summed E-state index contributed by atoms with van der Waals surface area (Å²) in [5.41, 5.74) is 3.41. The standard InChI is InChI=1S/C13H18N4/c1-10-14-8-11(16-10)9-15-12-6-4-5-7-13(12)17(2)3/h4-8,15H,9H2,1-3H3,(H,14,16). The van der Waals surface area contributed by atoms with Crippen molar-refractivity contribution < 1.29 is 0 Å². The summed E-state index contributed by atoms with van der Waals surface area (Å²) in [6.45, 7) is 2.71. The molecule has 17 heavy (non-hydrogen) atoms. The molecule has 0 spiro atoms. The van der Waals surface area contributed by atoms with Gasteiger partial charge in [-0.2, -0.15) is 0 Å². The average Bonchev–Trinajstić information content (AvgIpc) is 2.73. The lowest BCUT2D eigenvalue weighted by atomic mass is 10.2. The van der Waals surface area contributed by atoms with Crippen molar-refractivity contribution in [1.82, 2.24) is 9.97 Å². The summed E-state index contributed by atoms with van der Waals surface area (Å²) in [6.07, 6.45) is 1.86. The Morgan fingerprint density at radius 2 is 2.06 bits per heavy atom. The van der Waals surface area contributed by atoms with Gasteiger partial charge in [-0.3, -0.25) is 0 Å². The van der Waals surface area contributed by atoms with Crippen molar-refractivity contribution in [1.29, 1.82) is 0 Å². The summed E-state index contributed by atoms with van der Waals surface area (Å²) >= 11 is 0. The first-order valence-corrected chi connectivity index (χ1v) is 5.67. The van der Waals surface area contributed by atoms with Crippen LogP contribution in [0.25, 0.3) is 0 Å². The molecule has 0 aliphatic carbocycles. The molecule has 1 aromatic carbocycles. The number of hydrogen-bond donors (Lipinski definition) is 2. The summed E-state index contributed by atoms with van der Waals surface area (Å²) in [5, 5.41) is 3.41. The fraction of sp³-hybridized carbons (Fsp3) is 0.308. The van der Waals surface area contributed by atoms with Gasteiger partial charge in [0.15, 0.2) is 0 Å². The molecule has 0 unspecified atom stereocenters. The number of anilines is 2. The number of nitrogens with zero attached hydrogens (tertiary/aromatic N) is 2.